The molecule has 26 heavy (non-hydrogen) atoms. The van der Waals surface area contributed by atoms with E-state index in [0.29, 0.717) is 46.9 Å². The number of benzene rings is 2. The molecule has 0 unspecified atom stereocenters. The van der Waals surface area contributed by atoms with Crippen molar-refractivity contribution in [2.45, 2.75) is 6.92 Å². The van der Waals surface area contributed by atoms with Gasteiger partial charge in [-0.2, -0.15) is 0 Å². The quantitative estimate of drug-likeness (QED) is 0.365. The Morgan fingerprint density at radius 3 is 2.27 bits per heavy atom. The van der Waals surface area contributed by atoms with Crippen LogP contribution >= 0.6 is 15.9 Å². The van der Waals surface area contributed by atoms with E-state index in [1.807, 2.05) is 0 Å². The molecule has 0 atom stereocenters. The lowest BCUT2D eigenvalue weighted by molar-refractivity contribution is 0.0526. The van der Waals surface area contributed by atoms with Crippen LogP contribution in [0.2, 0.25) is 0 Å². The second-order valence-corrected chi connectivity index (χ2v) is 5.98. The van der Waals surface area contributed by atoms with Gasteiger partial charge in [-0.15, -0.1) is 0 Å². The molecule has 0 fully saturated rings. The lowest BCUT2D eigenvalue weighted by atomic mass is 10.2. The molecule has 2 rings (SSSR count). The Kier molecular flexibility index (Phi) is 7.62. The summed E-state index contributed by atoms with van der Waals surface area (Å²) in [6.07, 6.45) is 0. The molecule has 0 saturated carbocycles. The lowest BCUT2D eigenvalue weighted by Crippen LogP contribution is -2.10. The summed E-state index contributed by atoms with van der Waals surface area (Å²) in [7, 11) is 1.60. The first-order valence-electron chi connectivity index (χ1n) is 7.95. The molecule has 0 aromatic heterocycles. The zero-order valence-electron chi connectivity index (χ0n) is 14.5. The van der Waals surface area contributed by atoms with Gasteiger partial charge in [0.2, 0.25) is 0 Å². The SMILES string of the molecule is CCOC(=O)c1ccc(OC(=O)c2ccc(OCCOC)cc2)c(Br)c1. The number of carbonyl (C=O) groups excluding carboxylic acids is 2. The van der Waals surface area contributed by atoms with Crippen LogP contribution in [0.4, 0.5) is 0 Å². The number of hydrogen-bond acceptors (Lipinski definition) is 6. The first-order chi connectivity index (χ1) is 12.5. The molecule has 0 aliphatic heterocycles. The van der Waals surface area contributed by atoms with Crippen molar-refractivity contribution in [1.29, 1.82) is 0 Å². The van der Waals surface area contributed by atoms with Crippen LogP contribution < -0.4 is 9.47 Å². The molecular weight excluding hydrogens is 404 g/mol. The Bertz CT molecular complexity index is 757. The van der Waals surface area contributed by atoms with Crippen LogP contribution in [0.25, 0.3) is 0 Å². The summed E-state index contributed by atoms with van der Waals surface area (Å²) < 4.78 is 21.1. The van der Waals surface area contributed by atoms with E-state index < -0.39 is 11.9 Å². The maximum Gasteiger partial charge on any atom is 0.343 e. The van der Waals surface area contributed by atoms with Crippen molar-refractivity contribution in [2.75, 3.05) is 26.9 Å². The molecular formula is C19H19BrO6. The van der Waals surface area contributed by atoms with Gasteiger partial charge >= 0.3 is 11.9 Å². The van der Waals surface area contributed by atoms with Gasteiger partial charge in [-0.3, -0.25) is 0 Å². The second kappa shape index (κ2) is 9.94. The van der Waals surface area contributed by atoms with Crippen molar-refractivity contribution in [3.63, 3.8) is 0 Å². The molecule has 0 heterocycles. The fourth-order valence-electron chi connectivity index (χ4n) is 2.01. The van der Waals surface area contributed by atoms with Crippen molar-refractivity contribution >= 4 is 27.9 Å². The number of rotatable bonds is 8. The summed E-state index contributed by atoms with van der Waals surface area (Å²) in [4.78, 5) is 24.0. The predicted octanol–water partition coefficient (Wildman–Crippen LogP) is 3.87. The van der Waals surface area contributed by atoms with Crippen LogP contribution in [0, 0.1) is 0 Å². The number of esters is 2. The average molecular weight is 423 g/mol. The Hall–Kier alpha value is -2.38. The van der Waals surface area contributed by atoms with Crippen LogP contribution in [0.15, 0.2) is 46.9 Å². The number of halogens is 1. The summed E-state index contributed by atoms with van der Waals surface area (Å²) >= 11 is 3.30. The minimum atomic E-state index is -0.516. The molecule has 0 radical (unpaired) electrons. The zero-order chi connectivity index (χ0) is 18.9. The number of ether oxygens (including phenoxy) is 4. The fraction of sp³-hybridized carbons (Fsp3) is 0.263. The predicted molar refractivity (Wildman–Crippen MR) is 98.9 cm³/mol. The topological polar surface area (TPSA) is 71.1 Å². The van der Waals surface area contributed by atoms with Gasteiger partial charge in [0.15, 0.2) is 0 Å². The van der Waals surface area contributed by atoms with Crippen molar-refractivity contribution in [3.05, 3.63) is 58.1 Å². The van der Waals surface area contributed by atoms with E-state index >= 15 is 0 Å². The molecule has 0 amide bonds. The smallest absolute Gasteiger partial charge is 0.343 e. The summed E-state index contributed by atoms with van der Waals surface area (Å²) in [5.74, 6) is -0.00444. The largest absolute Gasteiger partial charge is 0.491 e. The lowest BCUT2D eigenvalue weighted by Gasteiger charge is -2.09. The molecule has 138 valence electrons. The number of methoxy groups -OCH3 is 1. The van der Waals surface area contributed by atoms with Crippen molar-refractivity contribution in [1.82, 2.24) is 0 Å². The molecule has 0 N–H and O–H groups in total. The molecule has 0 aliphatic rings. The molecule has 2 aromatic carbocycles. The van der Waals surface area contributed by atoms with Crippen LogP contribution in [0.5, 0.6) is 11.5 Å². The Labute approximate surface area is 160 Å². The van der Waals surface area contributed by atoms with E-state index in [1.54, 1.807) is 44.4 Å². The first-order valence-corrected chi connectivity index (χ1v) is 8.75. The molecule has 2 aromatic rings. The minimum Gasteiger partial charge on any atom is -0.491 e. The third-order valence-corrected chi connectivity index (χ3v) is 3.91. The third-order valence-electron chi connectivity index (χ3n) is 3.29. The average Bonchev–Trinajstić information content (AvgIpc) is 2.64. The van der Waals surface area contributed by atoms with E-state index in [-0.39, 0.29) is 0 Å². The normalized spacial score (nSPS) is 10.3. The van der Waals surface area contributed by atoms with Crippen LogP contribution in [0.3, 0.4) is 0 Å². The van der Waals surface area contributed by atoms with Gasteiger partial charge in [-0.1, -0.05) is 0 Å². The highest BCUT2D eigenvalue weighted by atomic mass is 79.9. The van der Waals surface area contributed by atoms with Gasteiger partial charge < -0.3 is 18.9 Å². The molecule has 0 bridgehead atoms. The maximum atomic E-state index is 12.3. The second-order valence-electron chi connectivity index (χ2n) is 5.12. The monoisotopic (exact) mass is 422 g/mol. The van der Waals surface area contributed by atoms with Gasteiger partial charge in [-0.25, -0.2) is 9.59 Å². The summed E-state index contributed by atoms with van der Waals surface area (Å²) in [6.45, 7) is 2.94. The molecule has 0 saturated heterocycles. The van der Waals surface area contributed by atoms with Crippen molar-refractivity contribution < 1.29 is 28.5 Å². The van der Waals surface area contributed by atoms with Crippen molar-refractivity contribution in [2.24, 2.45) is 0 Å². The highest BCUT2D eigenvalue weighted by molar-refractivity contribution is 9.10. The Balaban J connectivity index is 2.01. The third kappa shape index (κ3) is 5.57. The first kappa shape index (κ1) is 19.9. The number of hydrogen-bond donors (Lipinski definition) is 0. The zero-order valence-corrected chi connectivity index (χ0v) is 16.1. The standard InChI is InChI=1S/C19H19BrO6/c1-3-24-18(21)14-6-9-17(16(20)12-14)26-19(22)13-4-7-15(8-5-13)25-11-10-23-2/h4-9,12H,3,10-11H2,1-2H3. The van der Waals surface area contributed by atoms with E-state index in [9.17, 15) is 9.59 Å². The van der Waals surface area contributed by atoms with Gasteiger partial charge in [0, 0.05) is 7.11 Å². The molecule has 7 heteroatoms. The van der Waals surface area contributed by atoms with Gasteiger partial charge in [0.05, 0.1) is 28.8 Å². The van der Waals surface area contributed by atoms with E-state index in [0.717, 1.165) is 0 Å². The molecule has 0 aliphatic carbocycles. The van der Waals surface area contributed by atoms with E-state index in [1.165, 1.54) is 12.1 Å². The minimum absolute atomic E-state index is 0.290. The molecule has 6 nitrogen and oxygen atoms in total. The van der Waals surface area contributed by atoms with Crippen molar-refractivity contribution in [3.8, 4) is 11.5 Å². The van der Waals surface area contributed by atoms with Crippen LogP contribution in [0.1, 0.15) is 27.6 Å². The van der Waals surface area contributed by atoms with Gasteiger partial charge in [-0.05, 0) is 65.3 Å². The van der Waals surface area contributed by atoms with E-state index in [4.69, 9.17) is 18.9 Å². The Morgan fingerprint density at radius 2 is 1.65 bits per heavy atom. The van der Waals surface area contributed by atoms with Gasteiger partial charge in [0.25, 0.3) is 0 Å². The highest BCUT2D eigenvalue weighted by Gasteiger charge is 2.14. The Morgan fingerprint density at radius 1 is 0.962 bits per heavy atom. The number of carbonyl (C=O) groups is 2. The van der Waals surface area contributed by atoms with Gasteiger partial charge in [0.1, 0.15) is 18.1 Å². The van der Waals surface area contributed by atoms with Crippen LogP contribution in [-0.4, -0.2) is 38.9 Å². The van der Waals surface area contributed by atoms with E-state index in [2.05, 4.69) is 15.9 Å². The molecule has 0 spiro atoms. The van der Waals surface area contributed by atoms with Crippen LogP contribution in [-0.2, 0) is 9.47 Å². The summed E-state index contributed by atoms with van der Waals surface area (Å²) in [5.41, 5.74) is 0.751. The maximum absolute atomic E-state index is 12.3. The summed E-state index contributed by atoms with van der Waals surface area (Å²) in [5, 5.41) is 0. The highest BCUT2D eigenvalue weighted by Crippen LogP contribution is 2.27. The summed E-state index contributed by atoms with van der Waals surface area (Å²) in [6, 6.07) is 11.2. The fourth-order valence-corrected chi connectivity index (χ4v) is 2.47.